The molecule has 0 aliphatic carbocycles. The number of alkyl carbamates (subject to hydrolysis) is 1. The third-order valence-electron chi connectivity index (χ3n) is 12.0. The van der Waals surface area contributed by atoms with Crippen LogP contribution >= 0.6 is 0 Å². The van der Waals surface area contributed by atoms with E-state index in [1.807, 2.05) is 79.9 Å². The number of carboxylic acids is 1. The standard InChI is InChI=1S/C53H59N7O8S/c1-35-29-36(2)47(37(3)30-35)69(66,67)58-43(49(63)64)34-56-48(62)45-32-46(61)42-24-23-38(31-44(42)59(45)27-16-25-55-51(65)68-52(4,5)6)33-57-50-54-26-28-60(50)53(39-17-10-7-11-18-39,40-19-12-8-13-20-40)41-21-14-9-15-22-41/h7-15,17-24,26,28-31,43,45,58H,16,25,27,32-34H2,1-6H3,(H,54,57)(H,55,65)(H,56,62)(H,63,64). The number of rotatable bonds is 18. The molecule has 2 atom stereocenters. The average Bonchev–Trinajstić information content (AvgIpc) is 3.78. The highest BCUT2D eigenvalue weighted by atomic mass is 32.2. The predicted octanol–water partition coefficient (Wildman–Crippen LogP) is 7.48. The number of aryl methyl sites for hydroxylation is 3. The fourth-order valence-corrected chi connectivity index (χ4v) is 10.8. The number of nitrogens with one attached hydrogen (secondary N) is 4. The number of imidazole rings is 1. The van der Waals surface area contributed by atoms with Crippen molar-refractivity contribution in [1.82, 2.24) is 24.9 Å². The molecule has 0 bridgehead atoms. The lowest BCUT2D eigenvalue weighted by atomic mass is 9.76. The Morgan fingerprint density at radius 3 is 1.96 bits per heavy atom. The van der Waals surface area contributed by atoms with Crippen LogP contribution in [0.4, 0.5) is 16.4 Å². The van der Waals surface area contributed by atoms with Gasteiger partial charge < -0.3 is 30.7 Å². The van der Waals surface area contributed by atoms with Gasteiger partial charge in [-0.05, 0) is 93.5 Å². The summed E-state index contributed by atoms with van der Waals surface area (Å²) >= 11 is 0. The maximum absolute atomic E-state index is 14.2. The van der Waals surface area contributed by atoms with Crippen molar-refractivity contribution in [2.45, 2.75) is 89.0 Å². The molecule has 5 aromatic carbocycles. The van der Waals surface area contributed by atoms with E-state index < -0.39 is 57.8 Å². The molecule has 0 fully saturated rings. The lowest BCUT2D eigenvalue weighted by molar-refractivity contribution is -0.139. The lowest BCUT2D eigenvalue weighted by Gasteiger charge is -2.38. The van der Waals surface area contributed by atoms with E-state index in [-0.39, 0.29) is 36.7 Å². The molecule has 16 heteroatoms. The summed E-state index contributed by atoms with van der Waals surface area (Å²) in [6.07, 6.45) is 3.19. The van der Waals surface area contributed by atoms with Crippen molar-refractivity contribution in [3.05, 3.63) is 178 Å². The molecule has 0 radical (unpaired) electrons. The van der Waals surface area contributed by atoms with Gasteiger partial charge in [0.1, 0.15) is 23.2 Å². The van der Waals surface area contributed by atoms with Crippen molar-refractivity contribution in [2.24, 2.45) is 0 Å². The molecule has 1 aliphatic rings. The fraction of sp³-hybridized carbons (Fsp3) is 0.302. The second kappa shape index (κ2) is 20.9. The summed E-state index contributed by atoms with van der Waals surface area (Å²) in [6.45, 7) is 10.4. The SMILES string of the molecule is Cc1cc(C)c(S(=O)(=O)NC(CNC(=O)C2CC(=O)c3ccc(CNc4nccn4C(c4ccccc4)(c4ccccc4)c4ccccc4)cc3N2CCCNC(=O)OC(C)(C)C)C(=O)O)c(C)c1. The van der Waals surface area contributed by atoms with E-state index >= 15 is 0 Å². The van der Waals surface area contributed by atoms with Crippen LogP contribution in [0.1, 0.15) is 82.9 Å². The monoisotopic (exact) mass is 953 g/mol. The van der Waals surface area contributed by atoms with Crippen LogP contribution in [0.2, 0.25) is 0 Å². The van der Waals surface area contributed by atoms with Crippen molar-refractivity contribution in [2.75, 3.05) is 29.9 Å². The minimum Gasteiger partial charge on any atom is -0.480 e. The zero-order valence-corrected chi connectivity index (χ0v) is 40.5. The number of carbonyl (C=O) groups is 4. The van der Waals surface area contributed by atoms with Crippen LogP contribution in [0.15, 0.2) is 139 Å². The van der Waals surface area contributed by atoms with Crippen LogP contribution < -0.4 is 25.6 Å². The van der Waals surface area contributed by atoms with Crippen LogP contribution in [-0.4, -0.2) is 84.1 Å². The summed E-state index contributed by atoms with van der Waals surface area (Å²) in [7, 11) is -4.33. The largest absolute Gasteiger partial charge is 0.480 e. The summed E-state index contributed by atoms with van der Waals surface area (Å²) in [6, 6.07) is 36.6. The van der Waals surface area contributed by atoms with E-state index in [4.69, 9.17) is 9.72 Å². The highest BCUT2D eigenvalue weighted by Gasteiger charge is 2.40. The number of hydrogen-bond donors (Lipinski definition) is 5. The zero-order valence-electron chi connectivity index (χ0n) is 39.7. The number of nitrogens with zero attached hydrogens (tertiary/aromatic N) is 3. The van der Waals surface area contributed by atoms with E-state index in [0.29, 0.717) is 34.7 Å². The number of fused-ring (bicyclic) bond motifs is 1. The maximum Gasteiger partial charge on any atom is 0.407 e. The molecule has 6 aromatic rings. The summed E-state index contributed by atoms with van der Waals surface area (Å²) < 4.78 is 37.0. The molecule has 2 unspecified atom stereocenters. The maximum atomic E-state index is 14.2. The van der Waals surface area contributed by atoms with E-state index in [1.165, 1.54) is 0 Å². The van der Waals surface area contributed by atoms with Crippen LogP contribution in [0, 0.1) is 20.8 Å². The molecule has 1 aliphatic heterocycles. The second-order valence-electron chi connectivity index (χ2n) is 18.2. The predicted molar refractivity (Wildman–Crippen MR) is 265 cm³/mol. The normalized spacial score (nSPS) is 14.4. The van der Waals surface area contributed by atoms with Crippen molar-refractivity contribution in [3.63, 3.8) is 0 Å². The molecule has 0 saturated carbocycles. The Hall–Kier alpha value is -7.30. The number of amides is 2. The van der Waals surface area contributed by atoms with Gasteiger partial charge >= 0.3 is 12.1 Å². The smallest absolute Gasteiger partial charge is 0.407 e. The number of aliphatic carboxylic acids is 1. The van der Waals surface area contributed by atoms with E-state index in [1.54, 1.807) is 63.9 Å². The first kappa shape index (κ1) is 49.6. The minimum atomic E-state index is -4.33. The molecule has 69 heavy (non-hydrogen) atoms. The quantitative estimate of drug-likeness (QED) is 0.0423. The Balaban J connectivity index is 1.17. The zero-order chi connectivity index (χ0) is 49.5. The number of carbonyl (C=O) groups excluding carboxylic acids is 3. The van der Waals surface area contributed by atoms with Gasteiger partial charge in [-0.1, -0.05) is 115 Å². The van der Waals surface area contributed by atoms with Gasteiger partial charge in [-0.2, -0.15) is 4.72 Å². The molecule has 5 N–H and O–H groups in total. The highest BCUT2D eigenvalue weighted by Crippen LogP contribution is 2.42. The van der Waals surface area contributed by atoms with E-state index in [9.17, 15) is 32.7 Å². The van der Waals surface area contributed by atoms with Gasteiger partial charge in [-0.15, -0.1) is 0 Å². The topological polar surface area (TPSA) is 201 Å². The van der Waals surface area contributed by atoms with Crippen molar-refractivity contribution < 1.29 is 37.4 Å². The number of aromatic nitrogens is 2. The number of ether oxygens (including phenoxy) is 1. The van der Waals surface area contributed by atoms with Gasteiger partial charge in [-0.25, -0.2) is 18.2 Å². The number of anilines is 2. The van der Waals surface area contributed by atoms with Crippen molar-refractivity contribution in [1.29, 1.82) is 0 Å². The molecule has 2 heterocycles. The molecule has 1 aromatic heterocycles. The number of hydrogen-bond acceptors (Lipinski definition) is 10. The van der Waals surface area contributed by atoms with Gasteiger partial charge in [-0.3, -0.25) is 19.0 Å². The summed E-state index contributed by atoms with van der Waals surface area (Å²) in [5, 5.41) is 19.1. The first-order valence-corrected chi connectivity index (χ1v) is 24.3. The van der Waals surface area contributed by atoms with Gasteiger partial charge in [0.25, 0.3) is 0 Å². The first-order valence-electron chi connectivity index (χ1n) is 22.8. The Labute approximate surface area is 403 Å². The van der Waals surface area contributed by atoms with Crippen LogP contribution in [0.3, 0.4) is 0 Å². The van der Waals surface area contributed by atoms with Crippen LogP contribution in [-0.2, 0) is 36.4 Å². The third-order valence-corrected chi connectivity index (χ3v) is 13.7. The molecule has 15 nitrogen and oxygen atoms in total. The number of sulfonamides is 1. The van der Waals surface area contributed by atoms with E-state index in [0.717, 1.165) is 27.8 Å². The first-order chi connectivity index (χ1) is 32.9. The van der Waals surface area contributed by atoms with Crippen LogP contribution in [0.25, 0.3) is 0 Å². The Kier molecular flexibility index (Phi) is 15.0. The number of carboxylic acid groups (broad SMARTS) is 1. The molecule has 360 valence electrons. The second-order valence-corrected chi connectivity index (χ2v) is 19.9. The summed E-state index contributed by atoms with van der Waals surface area (Å²) in [5.74, 6) is -1.91. The van der Waals surface area contributed by atoms with Crippen LogP contribution in [0.5, 0.6) is 0 Å². The van der Waals surface area contributed by atoms with Gasteiger partial charge in [0.2, 0.25) is 21.9 Å². The molecule has 7 rings (SSSR count). The summed E-state index contributed by atoms with van der Waals surface area (Å²) in [5.41, 5.74) is 4.86. The lowest BCUT2D eigenvalue weighted by Crippen LogP contribution is -2.55. The van der Waals surface area contributed by atoms with Crippen molar-refractivity contribution in [3.8, 4) is 0 Å². The minimum absolute atomic E-state index is 0.0384. The number of ketones is 1. The Morgan fingerprint density at radius 1 is 0.826 bits per heavy atom. The van der Waals surface area contributed by atoms with Gasteiger partial charge in [0.15, 0.2) is 5.78 Å². The third kappa shape index (κ3) is 11.2. The Morgan fingerprint density at radius 2 is 1.41 bits per heavy atom. The van der Waals surface area contributed by atoms with Gasteiger partial charge in [0.05, 0.1) is 4.90 Å². The average molecular weight is 954 g/mol. The molecule has 2 amide bonds. The number of Topliss-reactive ketones (excluding diaryl/α,β-unsaturated/α-hetero) is 1. The molecule has 0 saturated heterocycles. The molecule has 0 spiro atoms. The number of benzene rings is 5. The van der Waals surface area contributed by atoms with E-state index in [2.05, 4.69) is 61.6 Å². The van der Waals surface area contributed by atoms with Crippen molar-refractivity contribution >= 4 is 45.4 Å². The van der Waals surface area contributed by atoms with Gasteiger partial charge in [0, 0.05) is 56.2 Å². The summed E-state index contributed by atoms with van der Waals surface area (Å²) in [4.78, 5) is 59.7. The molecular formula is C53H59N7O8S. The fourth-order valence-electron chi connectivity index (χ4n) is 9.17. The molecular weight excluding hydrogens is 895 g/mol. The Bertz CT molecular complexity index is 2800. The highest BCUT2D eigenvalue weighted by molar-refractivity contribution is 7.89.